The molecular formula is C20H22N2O3. The molecule has 0 aliphatic carbocycles. The Bertz CT molecular complexity index is 759. The summed E-state index contributed by atoms with van der Waals surface area (Å²) in [5, 5.41) is 2.89. The highest BCUT2D eigenvalue weighted by molar-refractivity contribution is 6.03. The summed E-state index contributed by atoms with van der Waals surface area (Å²) in [5.41, 5.74) is 1.50. The third kappa shape index (κ3) is 4.18. The van der Waals surface area contributed by atoms with Gasteiger partial charge in [-0.25, -0.2) is 0 Å². The van der Waals surface area contributed by atoms with Crippen molar-refractivity contribution in [2.75, 3.05) is 16.8 Å². The Labute approximate surface area is 147 Å². The normalized spacial score (nSPS) is 17.0. The zero-order valence-corrected chi connectivity index (χ0v) is 14.4. The van der Waals surface area contributed by atoms with E-state index in [1.165, 1.54) is 0 Å². The van der Waals surface area contributed by atoms with Gasteiger partial charge in [0.05, 0.1) is 12.0 Å². The minimum absolute atomic E-state index is 0.0248. The van der Waals surface area contributed by atoms with Gasteiger partial charge in [-0.05, 0) is 38.1 Å². The van der Waals surface area contributed by atoms with Crippen LogP contribution in [-0.4, -0.2) is 24.5 Å². The minimum Gasteiger partial charge on any atom is -0.491 e. The highest BCUT2D eigenvalue weighted by Crippen LogP contribution is 2.26. The molecule has 3 rings (SSSR count). The van der Waals surface area contributed by atoms with Crippen molar-refractivity contribution in [2.45, 2.75) is 26.4 Å². The fourth-order valence-electron chi connectivity index (χ4n) is 2.90. The van der Waals surface area contributed by atoms with Gasteiger partial charge in [0.1, 0.15) is 5.75 Å². The molecule has 2 amide bonds. The number of benzene rings is 2. The van der Waals surface area contributed by atoms with E-state index in [2.05, 4.69) is 5.32 Å². The molecule has 5 nitrogen and oxygen atoms in total. The second-order valence-electron chi connectivity index (χ2n) is 6.42. The van der Waals surface area contributed by atoms with Gasteiger partial charge in [0.25, 0.3) is 0 Å². The lowest BCUT2D eigenvalue weighted by Crippen LogP contribution is -2.28. The summed E-state index contributed by atoms with van der Waals surface area (Å²) in [6, 6.07) is 16.7. The summed E-state index contributed by atoms with van der Waals surface area (Å²) < 4.78 is 5.64. The number of amides is 2. The third-order valence-corrected chi connectivity index (χ3v) is 4.04. The van der Waals surface area contributed by atoms with Crippen LogP contribution < -0.4 is 15.0 Å². The van der Waals surface area contributed by atoms with Crippen molar-refractivity contribution in [2.24, 2.45) is 5.92 Å². The molecule has 0 radical (unpaired) electrons. The van der Waals surface area contributed by atoms with Gasteiger partial charge in [0.2, 0.25) is 11.8 Å². The quantitative estimate of drug-likeness (QED) is 0.908. The molecular weight excluding hydrogens is 316 g/mol. The molecule has 0 bridgehead atoms. The molecule has 1 aliphatic rings. The molecule has 0 aromatic heterocycles. The van der Waals surface area contributed by atoms with E-state index in [1.54, 1.807) is 11.0 Å². The van der Waals surface area contributed by atoms with E-state index in [1.807, 2.05) is 62.4 Å². The van der Waals surface area contributed by atoms with E-state index >= 15 is 0 Å². The molecule has 0 spiro atoms. The number of hydrogen-bond donors (Lipinski definition) is 1. The fourth-order valence-corrected chi connectivity index (χ4v) is 2.90. The van der Waals surface area contributed by atoms with Crippen molar-refractivity contribution >= 4 is 23.2 Å². The van der Waals surface area contributed by atoms with E-state index in [4.69, 9.17) is 4.74 Å². The first-order valence-corrected chi connectivity index (χ1v) is 8.46. The summed E-state index contributed by atoms with van der Waals surface area (Å²) >= 11 is 0. The van der Waals surface area contributed by atoms with Gasteiger partial charge < -0.3 is 15.0 Å². The van der Waals surface area contributed by atoms with Crippen LogP contribution in [0, 0.1) is 5.92 Å². The second-order valence-corrected chi connectivity index (χ2v) is 6.42. The fraction of sp³-hybridized carbons (Fsp3) is 0.300. The average Bonchev–Trinajstić information content (AvgIpc) is 2.97. The largest absolute Gasteiger partial charge is 0.491 e. The van der Waals surface area contributed by atoms with E-state index < -0.39 is 0 Å². The molecule has 0 unspecified atom stereocenters. The molecule has 5 heteroatoms. The molecule has 1 aliphatic heterocycles. The molecule has 1 saturated heterocycles. The summed E-state index contributed by atoms with van der Waals surface area (Å²) in [4.78, 5) is 26.5. The highest BCUT2D eigenvalue weighted by atomic mass is 16.5. The van der Waals surface area contributed by atoms with Crippen molar-refractivity contribution in [3.05, 3.63) is 54.6 Å². The molecule has 1 atom stereocenters. The number of hydrogen-bond acceptors (Lipinski definition) is 3. The first-order valence-electron chi connectivity index (χ1n) is 8.46. The van der Waals surface area contributed by atoms with Gasteiger partial charge in [0.15, 0.2) is 0 Å². The van der Waals surface area contributed by atoms with Crippen LogP contribution in [0.15, 0.2) is 54.6 Å². The molecule has 2 aromatic carbocycles. The lowest BCUT2D eigenvalue weighted by Gasteiger charge is -2.16. The zero-order valence-electron chi connectivity index (χ0n) is 14.4. The van der Waals surface area contributed by atoms with Crippen LogP contribution in [-0.2, 0) is 9.59 Å². The highest BCUT2D eigenvalue weighted by Gasteiger charge is 2.35. The number of nitrogens with zero attached hydrogens (tertiary/aromatic N) is 1. The molecule has 1 heterocycles. The summed E-state index contributed by atoms with van der Waals surface area (Å²) in [6.07, 6.45) is 0.293. The maximum absolute atomic E-state index is 12.5. The third-order valence-electron chi connectivity index (χ3n) is 4.04. The van der Waals surface area contributed by atoms with Crippen LogP contribution in [0.1, 0.15) is 20.3 Å². The van der Waals surface area contributed by atoms with Gasteiger partial charge in [-0.1, -0.05) is 24.3 Å². The van der Waals surface area contributed by atoms with Gasteiger partial charge in [-0.2, -0.15) is 0 Å². The van der Waals surface area contributed by atoms with Gasteiger partial charge in [-0.15, -0.1) is 0 Å². The second kappa shape index (κ2) is 7.38. The van der Waals surface area contributed by atoms with Crippen LogP contribution in [0.4, 0.5) is 11.4 Å². The van der Waals surface area contributed by atoms with Crippen molar-refractivity contribution in [1.82, 2.24) is 0 Å². The standard InChI is InChI=1S/C20H22N2O3/c1-14(2)25-18-10-6-7-16(12-18)21-20(24)15-11-19(23)22(13-15)17-8-4-3-5-9-17/h3-10,12,14-15H,11,13H2,1-2H3,(H,21,24)/t15-/m0/s1. The Morgan fingerprint density at radius 2 is 1.92 bits per heavy atom. The number of ether oxygens (including phenoxy) is 1. The Morgan fingerprint density at radius 3 is 2.64 bits per heavy atom. The lowest BCUT2D eigenvalue weighted by molar-refractivity contribution is -0.122. The van der Waals surface area contributed by atoms with E-state index in [-0.39, 0.29) is 30.3 Å². The maximum atomic E-state index is 12.5. The number of carbonyl (C=O) groups excluding carboxylic acids is 2. The SMILES string of the molecule is CC(C)Oc1cccc(NC(=O)[C@H]2CC(=O)N(c3ccccc3)C2)c1. The van der Waals surface area contributed by atoms with E-state index in [0.717, 1.165) is 5.69 Å². The van der Waals surface area contributed by atoms with Gasteiger partial charge in [-0.3, -0.25) is 9.59 Å². The Balaban J connectivity index is 1.65. The molecule has 130 valence electrons. The van der Waals surface area contributed by atoms with E-state index in [9.17, 15) is 9.59 Å². The van der Waals surface area contributed by atoms with Crippen molar-refractivity contribution in [3.8, 4) is 5.75 Å². The molecule has 2 aromatic rings. The molecule has 25 heavy (non-hydrogen) atoms. The van der Waals surface area contributed by atoms with Crippen molar-refractivity contribution in [3.63, 3.8) is 0 Å². The average molecular weight is 338 g/mol. The van der Waals surface area contributed by atoms with Crippen LogP contribution in [0.25, 0.3) is 0 Å². The van der Waals surface area contributed by atoms with Gasteiger partial charge >= 0.3 is 0 Å². The monoisotopic (exact) mass is 338 g/mol. The molecule has 0 saturated carbocycles. The first-order chi connectivity index (χ1) is 12.0. The maximum Gasteiger partial charge on any atom is 0.229 e. The summed E-state index contributed by atoms with van der Waals surface area (Å²) in [7, 11) is 0. The Hall–Kier alpha value is -2.82. The first kappa shape index (κ1) is 17.0. The number of para-hydroxylation sites is 1. The predicted octanol–water partition coefficient (Wildman–Crippen LogP) is 3.47. The molecule has 1 N–H and O–H groups in total. The predicted molar refractivity (Wildman–Crippen MR) is 97.7 cm³/mol. The Morgan fingerprint density at radius 1 is 1.16 bits per heavy atom. The van der Waals surface area contributed by atoms with Crippen LogP contribution in [0.2, 0.25) is 0 Å². The lowest BCUT2D eigenvalue weighted by atomic mass is 10.1. The molecule has 1 fully saturated rings. The smallest absolute Gasteiger partial charge is 0.229 e. The number of anilines is 2. The van der Waals surface area contributed by atoms with Crippen LogP contribution in [0.3, 0.4) is 0 Å². The topological polar surface area (TPSA) is 58.6 Å². The number of nitrogens with one attached hydrogen (secondary N) is 1. The Kier molecular flexibility index (Phi) is 5.03. The zero-order chi connectivity index (χ0) is 17.8. The number of rotatable bonds is 5. The van der Waals surface area contributed by atoms with Crippen molar-refractivity contribution < 1.29 is 14.3 Å². The van der Waals surface area contributed by atoms with Crippen LogP contribution in [0.5, 0.6) is 5.75 Å². The van der Waals surface area contributed by atoms with Crippen LogP contribution >= 0.6 is 0 Å². The summed E-state index contributed by atoms with van der Waals surface area (Å²) in [5.74, 6) is 0.181. The van der Waals surface area contributed by atoms with Gasteiger partial charge in [0, 0.05) is 30.4 Å². The number of carbonyl (C=O) groups is 2. The van der Waals surface area contributed by atoms with E-state index in [0.29, 0.717) is 18.0 Å². The summed E-state index contributed by atoms with van der Waals surface area (Å²) in [6.45, 7) is 4.30. The minimum atomic E-state index is -0.359. The van der Waals surface area contributed by atoms with Crippen molar-refractivity contribution in [1.29, 1.82) is 0 Å².